The van der Waals surface area contributed by atoms with Gasteiger partial charge in [0, 0.05) is 6.42 Å². The maximum Gasteiger partial charge on any atom is 0.335 e. The van der Waals surface area contributed by atoms with Gasteiger partial charge in [0.25, 0.3) is 5.56 Å². The van der Waals surface area contributed by atoms with Crippen LogP contribution in [-0.4, -0.2) is 55.0 Å². The van der Waals surface area contributed by atoms with Gasteiger partial charge in [-0.1, -0.05) is 12.1 Å². The lowest BCUT2D eigenvalue weighted by Crippen LogP contribution is -3.10. The van der Waals surface area contributed by atoms with Crippen LogP contribution < -0.4 is 35.1 Å². The van der Waals surface area contributed by atoms with Gasteiger partial charge in [-0.05, 0) is 23.8 Å². The van der Waals surface area contributed by atoms with Crippen molar-refractivity contribution in [3.8, 4) is 34.6 Å². The zero-order chi connectivity index (χ0) is 25.6. The van der Waals surface area contributed by atoms with Crippen LogP contribution in [0.1, 0.15) is 33.9 Å². The van der Waals surface area contributed by atoms with Crippen LogP contribution in [0.15, 0.2) is 39.9 Å². The van der Waals surface area contributed by atoms with Crippen LogP contribution in [0.2, 0.25) is 0 Å². The first kappa shape index (κ1) is 23.5. The Balaban J connectivity index is 1.59. The monoisotopic (exact) mass is 496 g/mol. The number of aromatic nitrogens is 2. The second-order valence-electron chi connectivity index (χ2n) is 8.71. The number of carbonyl (C=O) groups is 1. The molecule has 5 rings (SSSR count). The highest BCUT2D eigenvalue weighted by molar-refractivity contribution is 5.98. The number of Topliss-reactive ketones (excluding diaryl/α,β-unsaturated/α-hetero) is 1. The largest absolute Gasteiger partial charge is 0.495 e. The number of likely N-dealkylation sites (N-methyl/N-ethyl adjacent to an activating group) is 1. The maximum atomic E-state index is 13.6. The van der Waals surface area contributed by atoms with Gasteiger partial charge in [0.15, 0.2) is 17.3 Å². The quantitative estimate of drug-likeness (QED) is 0.417. The van der Waals surface area contributed by atoms with E-state index in [4.69, 9.17) is 18.9 Å². The maximum absolute atomic E-state index is 13.6. The van der Waals surface area contributed by atoms with Crippen molar-refractivity contribution in [1.82, 2.24) is 9.55 Å². The van der Waals surface area contributed by atoms with Crippen LogP contribution >= 0.6 is 0 Å². The molecule has 0 fully saturated rings. The predicted octanol–water partition coefficient (Wildman–Crippen LogP) is 0.362. The van der Waals surface area contributed by atoms with Gasteiger partial charge < -0.3 is 29.0 Å². The second-order valence-corrected chi connectivity index (χ2v) is 8.71. The number of aromatic amines is 1. The second kappa shape index (κ2) is 9.08. The highest BCUT2D eigenvalue weighted by Crippen LogP contribution is 2.48. The van der Waals surface area contributed by atoms with Crippen molar-refractivity contribution >= 4 is 5.78 Å². The van der Waals surface area contributed by atoms with Gasteiger partial charge >= 0.3 is 5.69 Å². The molecule has 2 aromatic carbocycles. The summed E-state index contributed by atoms with van der Waals surface area (Å²) in [5.74, 6) is 0.487. The Morgan fingerprint density at radius 2 is 2.00 bits per heavy atom. The summed E-state index contributed by atoms with van der Waals surface area (Å²) < 4.78 is 23.0. The predicted molar refractivity (Wildman–Crippen MR) is 127 cm³/mol. The van der Waals surface area contributed by atoms with Crippen molar-refractivity contribution in [2.75, 3.05) is 34.6 Å². The first-order chi connectivity index (χ1) is 17.3. The SMILES string of the molecule is COc1ccccc1-n1c(O)c(C(=O)C[C@H]2c3c(cc4c(c3OC)OCO4)CC[NH+]2C)c(=O)[nH]c1=O. The molecule has 0 radical (unpaired) electrons. The number of methoxy groups -OCH3 is 2. The molecule has 0 aliphatic carbocycles. The Kier molecular flexibility index (Phi) is 5.92. The number of hydrogen-bond acceptors (Lipinski definition) is 8. The molecule has 0 amide bonds. The smallest absolute Gasteiger partial charge is 0.335 e. The zero-order valence-electron chi connectivity index (χ0n) is 20.0. The number of nitrogens with zero attached hydrogens (tertiary/aromatic N) is 1. The van der Waals surface area contributed by atoms with E-state index in [9.17, 15) is 19.5 Å². The van der Waals surface area contributed by atoms with Gasteiger partial charge in [0.05, 0.1) is 45.5 Å². The van der Waals surface area contributed by atoms with Crippen molar-refractivity contribution < 1.29 is 33.7 Å². The fourth-order valence-electron chi connectivity index (χ4n) is 5.00. The lowest BCUT2D eigenvalue weighted by Gasteiger charge is -2.32. The van der Waals surface area contributed by atoms with Crippen LogP contribution in [0.25, 0.3) is 5.69 Å². The normalized spacial score (nSPS) is 18.0. The lowest BCUT2D eigenvalue weighted by atomic mass is 9.87. The highest BCUT2D eigenvalue weighted by Gasteiger charge is 2.38. The molecule has 188 valence electrons. The van der Waals surface area contributed by atoms with Crippen LogP contribution in [0.3, 0.4) is 0 Å². The van der Waals surface area contributed by atoms with E-state index in [1.54, 1.807) is 18.2 Å². The third-order valence-electron chi connectivity index (χ3n) is 6.76. The Bertz CT molecular complexity index is 1480. The first-order valence-corrected chi connectivity index (χ1v) is 11.4. The number of quaternary nitrogens is 1. The lowest BCUT2D eigenvalue weighted by molar-refractivity contribution is -0.913. The number of benzene rings is 2. The summed E-state index contributed by atoms with van der Waals surface area (Å²) in [6.07, 6.45) is 0.624. The number of H-pyrrole nitrogens is 1. The number of carbonyl (C=O) groups excluding carboxylic acids is 1. The van der Waals surface area contributed by atoms with Gasteiger partial charge in [-0.25, -0.2) is 9.36 Å². The van der Waals surface area contributed by atoms with E-state index in [2.05, 4.69) is 4.98 Å². The number of aromatic hydroxyl groups is 1. The van der Waals surface area contributed by atoms with Crippen LogP contribution in [0.4, 0.5) is 0 Å². The number of ether oxygens (including phenoxy) is 4. The molecular weight excluding hydrogens is 470 g/mol. The fourth-order valence-corrected chi connectivity index (χ4v) is 5.00. The fraction of sp³-hybridized carbons (Fsp3) is 0.320. The summed E-state index contributed by atoms with van der Waals surface area (Å²) in [6.45, 7) is 0.811. The molecule has 3 heterocycles. The number of fused-ring (bicyclic) bond motifs is 2. The molecule has 1 aromatic heterocycles. The van der Waals surface area contributed by atoms with E-state index in [0.29, 0.717) is 17.2 Å². The summed E-state index contributed by atoms with van der Waals surface area (Å²) in [5, 5.41) is 11.0. The number of nitrogens with one attached hydrogen (secondary N) is 2. The average Bonchev–Trinajstić information content (AvgIpc) is 3.33. The van der Waals surface area contributed by atoms with Gasteiger partial charge in [-0.15, -0.1) is 0 Å². The van der Waals surface area contributed by atoms with Crippen molar-refractivity contribution in [1.29, 1.82) is 0 Å². The standard InChI is InChI=1S/C25H25N3O8/c1-27-9-8-13-10-18-21(36-12-35-18)22(34-3)19(13)15(27)11-16(29)20-23(30)26-25(32)28(24(20)31)14-6-4-5-7-17(14)33-2/h4-7,10,15,31H,8-9,11-12H2,1-3H3,(H,26,30,32)/p+1/t15-/m0/s1. The molecule has 3 N–H and O–H groups in total. The Hall–Kier alpha value is -4.25. The Labute approximate surface area is 205 Å². The van der Waals surface area contributed by atoms with E-state index in [0.717, 1.165) is 33.6 Å². The molecule has 2 atom stereocenters. The molecule has 11 nitrogen and oxygen atoms in total. The number of hydrogen-bond donors (Lipinski definition) is 3. The summed E-state index contributed by atoms with van der Waals surface area (Å²) in [4.78, 5) is 42.1. The van der Waals surface area contributed by atoms with Gasteiger partial charge in [-0.3, -0.25) is 14.6 Å². The number of rotatable bonds is 6. The average molecular weight is 496 g/mol. The van der Waals surface area contributed by atoms with Gasteiger partial charge in [-0.2, -0.15) is 0 Å². The molecule has 36 heavy (non-hydrogen) atoms. The van der Waals surface area contributed by atoms with E-state index in [1.165, 1.54) is 20.3 Å². The van der Waals surface area contributed by atoms with Crippen molar-refractivity contribution in [2.45, 2.75) is 18.9 Å². The van der Waals surface area contributed by atoms with E-state index >= 15 is 0 Å². The Morgan fingerprint density at radius 3 is 2.75 bits per heavy atom. The molecule has 1 unspecified atom stereocenters. The van der Waals surface area contributed by atoms with E-state index in [1.807, 2.05) is 13.1 Å². The minimum absolute atomic E-state index is 0.0780. The summed E-state index contributed by atoms with van der Waals surface area (Å²) in [6, 6.07) is 7.98. The highest BCUT2D eigenvalue weighted by atomic mass is 16.7. The topological polar surface area (TPSA) is 134 Å². The first-order valence-electron chi connectivity index (χ1n) is 11.4. The summed E-state index contributed by atoms with van der Waals surface area (Å²) >= 11 is 0. The van der Waals surface area contributed by atoms with E-state index < -0.39 is 34.5 Å². The number of ketones is 1. The molecule has 2 aliphatic rings. The third kappa shape index (κ3) is 3.68. The summed E-state index contributed by atoms with van der Waals surface area (Å²) in [5.41, 5.74) is -0.392. The van der Waals surface area contributed by atoms with Gasteiger partial charge in [0.2, 0.25) is 18.4 Å². The van der Waals surface area contributed by atoms with Crippen LogP contribution in [-0.2, 0) is 6.42 Å². The number of para-hydroxylation sites is 2. The molecule has 2 aliphatic heterocycles. The molecule has 0 bridgehead atoms. The third-order valence-corrected chi connectivity index (χ3v) is 6.76. The molecular formula is C25H26N3O8+. The zero-order valence-corrected chi connectivity index (χ0v) is 20.0. The molecule has 3 aromatic rings. The molecule has 0 saturated heterocycles. The molecule has 11 heteroatoms. The van der Waals surface area contributed by atoms with Crippen molar-refractivity contribution in [3.05, 3.63) is 67.9 Å². The van der Waals surface area contributed by atoms with Crippen molar-refractivity contribution in [3.63, 3.8) is 0 Å². The van der Waals surface area contributed by atoms with Gasteiger partial charge in [0.1, 0.15) is 17.4 Å². The minimum atomic E-state index is -0.958. The van der Waals surface area contributed by atoms with Crippen LogP contribution in [0, 0.1) is 0 Å². The Morgan fingerprint density at radius 1 is 1.22 bits per heavy atom. The van der Waals surface area contributed by atoms with E-state index in [-0.39, 0.29) is 24.7 Å². The van der Waals surface area contributed by atoms with Crippen LogP contribution in [0.5, 0.6) is 28.9 Å². The molecule has 0 saturated carbocycles. The van der Waals surface area contributed by atoms with Crippen molar-refractivity contribution in [2.24, 2.45) is 0 Å². The molecule has 0 spiro atoms. The summed E-state index contributed by atoms with van der Waals surface area (Å²) in [7, 11) is 4.89. The minimum Gasteiger partial charge on any atom is -0.495 e.